The number of benzene rings is 2. The van der Waals surface area contributed by atoms with Crippen LogP contribution in [0.3, 0.4) is 0 Å². The predicted octanol–water partition coefficient (Wildman–Crippen LogP) is 4.19. The third-order valence-corrected chi connectivity index (χ3v) is 2.67. The number of rotatable bonds is 4. The Morgan fingerprint density at radius 3 is 2.60 bits per heavy atom. The molecular weight excluding hydrogens is 288 g/mol. The quantitative estimate of drug-likeness (QED) is 0.919. The van der Waals surface area contributed by atoms with Crippen molar-refractivity contribution in [2.24, 2.45) is 0 Å². The molecule has 0 atom stereocenters. The van der Waals surface area contributed by atoms with Crippen molar-refractivity contribution in [2.45, 2.75) is 6.61 Å². The molecule has 2 aromatic rings. The van der Waals surface area contributed by atoms with Gasteiger partial charge in [-0.2, -0.15) is 8.78 Å². The van der Waals surface area contributed by atoms with Crippen molar-refractivity contribution in [1.82, 2.24) is 0 Å². The van der Waals surface area contributed by atoms with Gasteiger partial charge in [0.05, 0.1) is 5.69 Å². The van der Waals surface area contributed by atoms with Crippen LogP contribution in [-0.4, -0.2) is 12.5 Å². The lowest BCUT2D eigenvalue weighted by molar-refractivity contribution is -0.0493. The van der Waals surface area contributed by atoms with Crippen LogP contribution >= 0.6 is 11.6 Å². The smallest absolute Gasteiger partial charge is 0.387 e. The van der Waals surface area contributed by atoms with Gasteiger partial charge in [0.2, 0.25) is 0 Å². The highest BCUT2D eigenvalue weighted by molar-refractivity contribution is 6.31. The summed E-state index contributed by atoms with van der Waals surface area (Å²) in [5, 5.41) is 2.92. The molecule has 0 aromatic heterocycles. The highest BCUT2D eigenvalue weighted by atomic mass is 35.5. The molecule has 0 unspecified atom stereocenters. The van der Waals surface area contributed by atoms with Gasteiger partial charge in [-0.1, -0.05) is 29.8 Å². The van der Waals surface area contributed by atoms with Crippen LogP contribution < -0.4 is 10.1 Å². The summed E-state index contributed by atoms with van der Waals surface area (Å²) in [5.74, 6) is -0.560. The van der Waals surface area contributed by atoms with E-state index in [1.807, 2.05) is 0 Å². The molecule has 3 nitrogen and oxygen atoms in total. The molecule has 0 aliphatic rings. The number of para-hydroxylation sites is 2. The molecule has 20 heavy (non-hydrogen) atoms. The average molecular weight is 298 g/mol. The molecule has 104 valence electrons. The number of nitrogens with one attached hydrogen (secondary N) is 1. The molecule has 0 bridgehead atoms. The summed E-state index contributed by atoms with van der Waals surface area (Å²) in [6.45, 7) is -2.96. The summed E-state index contributed by atoms with van der Waals surface area (Å²) in [7, 11) is 0. The van der Waals surface area contributed by atoms with Gasteiger partial charge >= 0.3 is 6.61 Å². The first-order valence-corrected chi connectivity index (χ1v) is 6.05. The third kappa shape index (κ3) is 3.68. The molecule has 0 fully saturated rings. The van der Waals surface area contributed by atoms with Crippen LogP contribution in [-0.2, 0) is 0 Å². The molecule has 2 aromatic carbocycles. The zero-order valence-corrected chi connectivity index (χ0v) is 10.9. The summed E-state index contributed by atoms with van der Waals surface area (Å²) in [6.07, 6.45) is 0. The maximum atomic E-state index is 12.3. The Bertz CT molecular complexity index is 620. The molecule has 0 saturated carbocycles. The van der Waals surface area contributed by atoms with E-state index in [2.05, 4.69) is 10.1 Å². The number of carbonyl (C=O) groups is 1. The number of hydrogen-bond acceptors (Lipinski definition) is 2. The second-order valence-corrected chi connectivity index (χ2v) is 4.28. The van der Waals surface area contributed by atoms with Crippen LogP contribution in [0.1, 0.15) is 10.4 Å². The van der Waals surface area contributed by atoms with E-state index in [0.717, 1.165) is 0 Å². The summed E-state index contributed by atoms with van der Waals surface area (Å²) < 4.78 is 28.9. The number of carbonyl (C=O) groups excluding carboxylic acids is 1. The Kier molecular flexibility index (Phi) is 4.53. The van der Waals surface area contributed by atoms with Crippen LogP contribution in [0.4, 0.5) is 14.5 Å². The van der Waals surface area contributed by atoms with Gasteiger partial charge in [0, 0.05) is 10.6 Å². The maximum Gasteiger partial charge on any atom is 0.387 e. The lowest BCUT2D eigenvalue weighted by Gasteiger charge is -2.11. The van der Waals surface area contributed by atoms with Crippen molar-refractivity contribution in [3.63, 3.8) is 0 Å². The topological polar surface area (TPSA) is 38.3 Å². The first-order chi connectivity index (χ1) is 9.56. The lowest BCUT2D eigenvalue weighted by atomic mass is 10.2. The van der Waals surface area contributed by atoms with Gasteiger partial charge in [-0.3, -0.25) is 4.79 Å². The Morgan fingerprint density at radius 2 is 1.90 bits per heavy atom. The average Bonchev–Trinajstić information content (AvgIpc) is 2.40. The highest BCUT2D eigenvalue weighted by Gasteiger charge is 2.12. The van der Waals surface area contributed by atoms with Crippen LogP contribution in [0.15, 0.2) is 48.5 Å². The standard InChI is InChI=1S/C14H10ClF2NO2/c15-10-5-3-4-9(8-10)13(19)18-11-6-1-2-7-12(11)20-14(16)17/h1-8,14H,(H,18,19). The minimum absolute atomic E-state index is 0.0992. The fraction of sp³-hybridized carbons (Fsp3) is 0.0714. The number of amides is 1. The second-order valence-electron chi connectivity index (χ2n) is 3.84. The zero-order chi connectivity index (χ0) is 14.5. The predicted molar refractivity (Wildman–Crippen MR) is 72.5 cm³/mol. The van der Waals surface area contributed by atoms with E-state index in [1.54, 1.807) is 24.3 Å². The Morgan fingerprint density at radius 1 is 1.15 bits per heavy atom. The van der Waals surface area contributed by atoms with Crippen LogP contribution in [0, 0.1) is 0 Å². The largest absolute Gasteiger partial charge is 0.433 e. The Balaban J connectivity index is 2.19. The molecule has 6 heteroatoms. The summed E-state index contributed by atoms with van der Waals surface area (Å²) in [6, 6.07) is 12.3. The molecule has 1 amide bonds. The SMILES string of the molecule is O=C(Nc1ccccc1OC(F)F)c1cccc(Cl)c1. The molecule has 0 saturated heterocycles. The minimum Gasteiger partial charge on any atom is -0.433 e. The zero-order valence-electron chi connectivity index (χ0n) is 10.1. The highest BCUT2D eigenvalue weighted by Crippen LogP contribution is 2.26. The number of halogens is 3. The molecule has 1 N–H and O–H groups in total. The molecular formula is C14H10ClF2NO2. The van der Waals surface area contributed by atoms with Gasteiger partial charge in [0.1, 0.15) is 5.75 Å². The third-order valence-electron chi connectivity index (χ3n) is 2.44. The molecule has 0 aliphatic carbocycles. The van der Waals surface area contributed by atoms with E-state index in [9.17, 15) is 13.6 Å². The van der Waals surface area contributed by atoms with Crippen molar-refractivity contribution >= 4 is 23.2 Å². The Hall–Kier alpha value is -2.14. The summed E-state index contributed by atoms with van der Waals surface area (Å²) in [5.41, 5.74) is 0.488. The van der Waals surface area contributed by atoms with Crippen LogP contribution in [0.2, 0.25) is 5.02 Å². The molecule has 2 rings (SSSR count). The van der Waals surface area contributed by atoms with Crippen molar-refractivity contribution < 1.29 is 18.3 Å². The van der Waals surface area contributed by atoms with Crippen molar-refractivity contribution in [3.05, 3.63) is 59.1 Å². The van der Waals surface area contributed by atoms with Crippen molar-refractivity contribution in [2.75, 3.05) is 5.32 Å². The van der Waals surface area contributed by atoms with Gasteiger partial charge < -0.3 is 10.1 Å². The molecule has 0 radical (unpaired) electrons. The fourth-order valence-electron chi connectivity index (χ4n) is 1.59. The van der Waals surface area contributed by atoms with E-state index >= 15 is 0 Å². The first kappa shape index (κ1) is 14.3. The van der Waals surface area contributed by atoms with Crippen LogP contribution in [0.5, 0.6) is 5.75 Å². The monoisotopic (exact) mass is 297 g/mol. The van der Waals surface area contributed by atoms with Crippen LogP contribution in [0.25, 0.3) is 0 Å². The van der Waals surface area contributed by atoms with Gasteiger partial charge in [-0.15, -0.1) is 0 Å². The van der Waals surface area contributed by atoms with Gasteiger partial charge in [-0.05, 0) is 30.3 Å². The maximum absolute atomic E-state index is 12.3. The first-order valence-electron chi connectivity index (χ1n) is 5.67. The van der Waals surface area contributed by atoms with Gasteiger partial charge in [0.25, 0.3) is 5.91 Å². The summed E-state index contributed by atoms with van der Waals surface area (Å²) in [4.78, 5) is 12.0. The van der Waals surface area contributed by atoms with Gasteiger partial charge in [0.15, 0.2) is 0 Å². The molecule has 0 heterocycles. The Labute approximate surface area is 119 Å². The molecule has 0 spiro atoms. The van der Waals surface area contributed by atoms with Gasteiger partial charge in [-0.25, -0.2) is 0 Å². The van der Waals surface area contributed by atoms with E-state index < -0.39 is 12.5 Å². The number of anilines is 1. The van der Waals surface area contributed by atoms with Crippen molar-refractivity contribution in [3.8, 4) is 5.75 Å². The molecule has 0 aliphatic heterocycles. The fourth-order valence-corrected chi connectivity index (χ4v) is 1.78. The van der Waals surface area contributed by atoms with E-state index in [-0.39, 0.29) is 11.4 Å². The lowest BCUT2D eigenvalue weighted by Crippen LogP contribution is -2.13. The number of ether oxygens (including phenoxy) is 1. The summed E-state index contributed by atoms with van der Waals surface area (Å²) >= 11 is 5.79. The second kappa shape index (κ2) is 6.34. The van der Waals surface area contributed by atoms with E-state index in [1.165, 1.54) is 24.3 Å². The number of alkyl halides is 2. The van der Waals surface area contributed by atoms with E-state index in [0.29, 0.717) is 10.6 Å². The minimum atomic E-state index is -2.96. The number of hydrogen-bond donors (Lipinski definition) is 1. The van der Waals surface area contributed by atoms with E-state index in [4.69, 9.17) is 11.6 Å². The van der Waals surface area contributed by atoms with Crippen molar-refractivity contribution in [1.29, 1.82) is 0 Å². The normalized spacial score (nSPS) is 10.4.